The first-order chi connectivity index (χ1) is 10.3. The molecule has 0 spiro atoms. The summed E-state index contributed by atoms with van der Waals surface area (Å²) in [4.78, 5) is 37.8. The van der Waals surface area contributed by atoms with Crippen LogP contribution < -0.4 is 10.6 Å². The monoisotopic (exact) mass is 315 g/mol. The minimum absolute atomic E-state index is 0.210. The maximum atomic E-state index is 12.8. The summed E-state index contributed by atoms with van der Waals surface area (Å²) in [6.45, 7) is 3.85. The number of hydrogen-bond acceptors (Lipinski definition) is 5. The van der Waals surface area contributed by atoms with Crippen LogP contribution in [0.4, 0.5) is 4.79 Å². The first kappa shape index (κ1) is 18.2. The fourth-order valence-electron chi connectivity index (χ4n) is 2.46. The molecular weight excluding hydrogens is 290 g/mol. The Labute approximate surface area is 130 Å². The molecule has 1 saturated heterocycles. The van der Waals surface area contributed by atoms with Gasteiger partial charge in [-0.3, -0.25) is 9.59 Å². The number of methoxy groups -OCH3 is 2. The molecule has 1 aliphatic rings. The lowest BCUT2D eigenvalue weighted by molar-refractivity contribution is -0.145. The van der Waals surface area contributed by atoms with Crippen molar-refractivity contribution in [3.8, 4) is 0 Å². The van der Waals surface area contributed by atoms with Gasteiger partial charge in [0.2, 0.25) is 11.8 Å². The zero-order valence-electron chi connectivity index (χ0n) is 13.8. The van der Waals surface area contributed by atoms with E-state index in [2.05, 4.69) is 15.4 Å². The standard InChI is InChI=1S/C14H25N3O5/c1-14(2,22-5)10(16-13(20)21-4)12(19)17-8-6-7-9(17)11(18)15-3/h9-10H,6-8H2,1-5H3,(H,15,18)(H,16,20)/t9-,10+/m0/s1. The number of likely N-dealkylation sites (tertiary alicyclic amines) is 1. The zero-order chi connectivity index (χ0) is 16.9. The van der Waals surface area contributed by atoms with E-state index < -0.39 is 23.8 Å². The summed E-state index contributed by atoms with van der Waals surface area (Å²) in [6, 6.07) is -1.47. The second kappa shape index (κ2) is 7.44. The predicted octanol–water partition coefficient (Wildman–Crippen LogP) is -0.127. The van der Waals surface area contributed by atoms with Crippen LogP contribution in [0, 0.1) is 0 Å². The highest BCUT2D eigenvalue weighted by molar-refractivity contribution is 5.92. The smallest absolute Gasteiger partial charge is 0.407 e. The molecule has 0 bridgehead atoms. The highest BCUT2D eigenvalue weighted by Crippen LogP contribution is 2.23. The van der Waals surface area contributed by atoms with Crippen molar-refractivity contribution in [3.05, 3.63) is 0 Å². The van der Waals surface area contributed by atoms with Gasteiger partial charge in [0.05, 0.1) is 12.7 Å². The van der Waals surface area contributed by atoms with Crippen LogP contribution in [-0.4, -0.2) is 68.3 Å². The van der Waals surface area contributed by atoms with Crippen molar-refractivity contribution in [1.82, 2.24) is 15.5 Å². The third-order valence-corrected chi connectivity index (χ3v) is 4.00. The Kier molecular flexibility index (Phi) is 6.16. The van der Waals surface area contributed by atoms with Gasteiger partial charge in [0, 0.05) is 20.7 Å². The summed E-state index contributed by atoms with van der Waals surface area (Å²) in [5, 5.41) is 5.06. The van der Waals surface area contributed by atoms with E-state index in [0.29, 0.717) is 13.0 Å². The topological polar surface area (TPSA) is 97.0 Å². The number of alkyl carbamates (subject to hydrolysis) is 1. The Morgan fingerprint density at radius 3 is 2.41 bits per heavy atom. The number of nitrogens with zero attached hydrogens (tertiary/aromatic N) is 1. The molecule has 0 aromatic carbocycles. The third-order valence-electron chi connectivity index (χ3n) is 4.00. The van der Waals surface area contributed by atoms with E-state index in [1.165, 1.54) is 26.2 Å². The van der Waals surface area contributed by atoms with Gasteiger partial charge in [0.15, 0.2) is 0 Å². The Hall–Kier alpha value is -1.83. The molecule has 0 saturated carbocycles. The molecule has 8 nitrogen and oxygen atoms in total. The van der Waals surface area contributed by atoms with E-state index in [1.807, 2.05) is 0 Å². The van der Waals surface area contributed by atoms with Crippen molar-refractivity contribution in [3.63, 3.8) is 0 Å². The third kappa shape index (κ3) is 3.88. The Morgan fingerprint density at radius 2 is 1.91 bits per heavy atom. The molecule has 8 heteroatoms. The van der Waals surface area contributed by atoms with Crippen LogP contribution in [0.3, 0.4) is 0 Å². The number of amides is 3. The molecule has 1 heterocycles. The number of likely N-dealkylation sites (N-methyl/N-ethyl adjacent to an activating group) is 1. The largest absolute Gasteiger partial charge is 0.453 e. The molecule has 3 amide bonds. The second-order valence-corrected chi connectivity index (χ2v) is 5.68. The molecule has 0 unspecified atom stereocenters. The number of carbonyl (C=O) groups excluding carboxylic acids is 3. The van der Waals surface area contributed by atoms with Crippen LogP contribution in [0.25, 0.3) is 0 Å². The predicted molar refractivity (Wildman–Crippen MR) is 79.2 cm³/mol. The second-order valence-electron chi connectivity index (χ2n) is 5.68. The molecule has 2 atom stereocenters. The Balaban J connectivity index is 3.00. The number of rotatable bonds is 5. The fraction of sp³-hybridized carbons (Fsp3) is 0.786. The average molecular weight is 315 g/mol. The van der Waals surface area contributed by atoms with Gasteiger partial charge in [0.1, 0.15) is 12.1 Å². The van der Waals surface area contributed by atoms with Gasteiger partial charge < -0.3 is 25.0 Å². The quantitative estimate of drug-likeness (QED) is 0.737. The maximum Gasteiger partial charge on any atom is 0.407 e. The first-order valence-corrected chi connectivity index (χ1v) is 7.20. The van der Waals surface area contributed by atoms with E-state index in [9.17, 15) is 14.4 Å². The normalized spacial score (nSPS) is 19.5. The molecule has 1 fully saturated rings. The molecule has 0 aromatic heterocycles. The molecule has 1 rings (SSSR count). The van der Waals surface area contributed by atoms with Gasteiger partial charge in [0.25, 0.3) is 0 Å². The molecule has 2 N–H and O–H groups in total. The van der Waals surface area contributed by atoms with Gasteiger partial charge in [-0.1, -0.05) is 0 Å². The van der Waals surface area contributed by atoms with E-state index in [4.69, 9.17) is 4.74 Å². The van der Waals surface area contributed by atoms with E-state index in [0.717, 1.165) is 6.42 Å². The van der Waals surface area contributed by atoms with Crippen LogP contribution in [0.2, 0.25) is 0 Å². The van der Waals surface area contributed by atoms with Gasteiger partial charge in [-0.15, -0.1) is 0 Å². The summed E-state index contributed by atoms with van der Waals surface area (Å²) in [7, 11) is 4.21. The minimum Gasteiger partial charge on any atom is -0.453 e. The maximum absolute atomic E-state index is 12.8. The number of hydrogen-bond donors (Lipinski definition) is 2. The summed E-state index contributed by atoms with van der Waals surface area (Å²) in [6.07, 6.45) is 0.616. The highest BCUT2D eigenvalue weighted by atomic mass is 16.5. The molecule has 0 aliphatic carbocycles. The van der Waals surface area contributed by atoms with Gasteiger partial charge in [-0.25, -0.2) is 4.79 Å². The van der Waals surface area contributed by atoms with Crippen LogP contribution in [0.5, 0.6) is 0 Å². The number of ether oxygens (including phenoxy) is 2. The van der Waals surface area contributed by atoms with Crippen molar-refractivity contribution in [2.75, 3.05) is 27.8 Å². The van der Waals surface area contributed by atoms with Gasteiger partial charge in [-0.2, -0.15) is 0 Å². The van der Waals surface area contributed by atoms with E-state index in [-0.39, 0.29) is 11.8 Å². The lowest BCUT2D eigenvalue weighted by atomic mass is 9.96. The fourth-order valence-corrected chi connectivity index (χ4v) is 2.46. The number of nitrogens with one attached hydrogen (secondary N) is 2. The van der Waals surface area contributed by atoms with Crippen LogP contribution in [-0.2, 0) is 19.1 Å². The van der Waals surface area contributed by atoms with E-state index >= 15 is 0 Å². The van der Waals surface area contributed by atoms with Gasteiger partial charge in [-0.05, 0) is 26.7 Å². The summed E-state index contributed by atoms with van der Waals surface area (Å²) in [5.74, 6) is -0.568. The summed E-state index contributed by atoms with van der Waals surface area (Å²) in [5.41, 5.74) is -0.943. The molecule has 1 aliphatic heterocycles. The zero-order valence-corrected chi connectivity index (χ0v) is 13.8. The molecule has 22 heavy (non-hydrogen) atoms. The molecule has 126 valence electrons. The molecule has 0 radical (unpaired) electrons. The SMILES string of the molecule is CNC(=O)[C@@H]1CCCN1C(=O)[C@@H](NC(=O)OC)C(C)(C)OC. The van der Waals surface area contributed by atoms with Crippen molar-refractivity contribution < 1.29 is 23.9 Å². The average Bonchev–Trinajstić information content (AvgIpc) is 3.00. The lowest BCUT2D eigenvalue weighted by Gasteiger charge is -2.36. The summed E-state index contributed by atoms with van der Waals surface area (Å²) < 4.78 is 9.90. The summed E-state index contributed by atoms with van der Waals surface area (Å²) >= 11 is 0. The first-order valence-electron chi connectivity index (χ1n) is 7.20. The van der Waals surface area contributed by atoms with E-state index in [1.54, 1.807) is 13.8 Å². The lowest BCUT2D eigenvalue weighted by Crippen LogP contribution is -2.61. The minimum atomic E-state index is -0.949. The van der Waals surface area contributed by atoms with Crippen molar-refractivity contribution in [2.45, 2.75) is 44.4 Å². The molecule has 0 aromatic rings. The molecular formula is C14H25N3O5. The Bertz CT molecular complexity index is 438. The van der Waals surface area contributed by atoms with Crippen molar-refractivity contribution in [1.29, 1.82) is 0 Å². The number of carbonyl (C=O) groups is 3. The van der Waals surface area contributed by atoms with Crippen LogP contribution in [0.15, 0.2) is 0 Å². The highest BCUT2D eigenvalue weighted by Gasteiger charge is 2.43. The Morgan fingerprint density at radius 1 is 1.27 bits per heavy atom. The van der Waals surface area contributed by atoms with Crippen LogP contribution in [0.1, 0.15) is 26.7 Å². The van der Waals surface area contributed by atoms with Crippen molar-refractivity contribution >= 4 is 17.9 Å². The van der Waals surface area contributed by atoms with Crippen LogP contribution >= 0.6 is 0 Å². The van der Waals surface area contributed by atoms with Crippen molar-refractivity contribution in [2.24, 2.45) is 0 Å². The van der Waals surface area contributed by atoms with Gasteiger partial charge >= 0.3 is 6.09 Å².